The van der Waals surface area contributed by atoms with Crippen molar-refractivity contribution in [3.05, 3.63) is 35.7 Å². The van der Waals surface area contributed by atoms with Gasteiger partial charge in [-0.2, -0.15) is 0 Å². The normalized spacial score (nSPS) is 10.2. The van der Waals surface area contributed by atoms with E-state index in [0.29, 0.717) is 12.3 Å². The van der Waals surface area contributed by atoms with Crippen LogP contribution in [0, 0.1) is 5.92 Å². The number of rotatable bonds is 4. The molecule has 0 aliphatic carbocycles. The van der Waals surface area contributed by atoms with Gasteiger partial charge in [-0.3, -0.25) is 4.79 Å². The van der Waals surface area contributed by atoms with Crippen LogP contribution in [0.15, 0.2) is 24.3 Å². The Morgan fingerprint density at radius 1 is 1.36 bits per heavy atom. The molecule has 14 heavy (non-hydrogen) atoms. The lowest BCUT2D eigenvalue weighted by molar-refractivity contribution is -0.116. The van der Waals surface area contributed by atoms with E-state index in [2.05, 4.69) is 0 Å². The van der Waals surface area contributed by atoms with E-state index in [9.17, 15) is 4.79 Å². The van der Waals surface area contributed by atoms with Crippen molar-refractivity contribution in [1.82, 2.24) is 0 Å². The van der Waals surface area contributed by atoms with Crippen LogP contribution in [0.25, 0.3) is 0 Å². The number of primary amides is 1. The molecule has 0 aliphatic rings. The summed E-state index contributed by atoms with van der Waals surface area (Å²) < 4.78 is 5.02. The van der Waals surface area contributed by atoms with Crippen molar-refractivity contribution < 1.29 is 9.53 Å². The van der Waals surface area contributed by atoms with Gasteiger partial charge in [0, 0.05) is 0 Å². The zero-order valence-electron chi connectivity index (χ0n) is 8.41. The Morgan fingerprint density at radius 3 is 2.36 bits per heavy atom. The molecule has 75 valence electrons. The van der Waals surface area contributed by atoms with Gasteiger partial charge >= 0.3 is 0 Å². The zero-order chi connectivity index (χ0) is 10.6. The van der Waals surface area contributed by atoms with Gasteiger partial charge in [0.1, 0.15) is 5.75 Å². The number of amides is 1. The first kappa shape index (κ1) is 10.6. The second-order valence-electron chi connectivity index (χ2n) is 3.17. The maximum Gasteiger partial charge on any atom is 0.224 e. The molecule has 0 saturated carbocycles. The van der Waals surface area contributed by atoms with Gasteiger partial charge in [0.15, 0.2) is 0 Å². The number of carbonyl (C=O) groups is 1. The van der Waals surface area contributed by atoms with Crippen LogP contribution in [0.5, 0.6) is 5.75 Å². The van der Waals surface area contributed by atoms with Crippen molar-refractivity contribution >= 4 is 5.91 Å². The second kappa shape index (κ2) is 4.65. The minimum atomic E-state index is -0.346. The summed E-state index contributed by atoms with van der Waals surface area (Å²) in [6.45, 7) is 1.74. The summed E-state index contributed by atoms with van der Waals surface area (Å²) >= 11 is 0. The maximum atomic E-state index is 10.8. The minimum Gasteiger partial charge on any atom is -0.497 e. The van der Waals surface area contributed by atoms with E-state index in [1.807, 2.05) is 24.3 Å². The smallest absolute Gasteiger partial charge is 0.224 e. The number of nitrogens with two attached hydrogens (primary N) is 1. The molecular weight excluding hydrogens is 178 g/mol. The molecule has 1 aromatic carbocycles. The highest BCUT2D eigenvalue weighted by Crippen LogP contribution is 2.14. The van der Waals surface area contributed by atoms with E-state index in [-0.39, 0.29) is 5.91 Å². The van der Waals surface area contributed by atoms with Crippen LogP contribution in [0.1, 0.15) is 12.5 Å². The molecule has 0 atom stereocenters. The third-order valence-electron chi connectivity index (χ3n) is 2.05. The Hall–Kier alpha value is -1.51. The lowest BCUT2D eigenvalue weighted by Gasteiger charge is -2.06. The van der Waals surface area contributed by atoms with Crippen molar-refractivity contribution in [2.75, 3.05) is 7.11 Å². The summed E-state index contributed by atoms with van der Waals surface area (Å²) in [6.07, 6.45) is 0.597. The molecule has 0 aromatic heterocycles. The van der Waals surface area contributed by atoms with Gasteiger partial charge < -0.3 is 10.5 Å². The van der Waals surface area contributed by atoms with E-state index in [1.165, 1.54) is 0 Å². The first-order valence-electron chi connectivity index (χ1n) is 4.38. The Bertz CT molecular complexity index is 306. The molecule has 0 saturated heterocycles. The topological polar surface area (TPSA) is 52.3 Å². The summed E-state index contributed by atoms with van der Waals surface area (Å²) in [6, 6.07) is 7.57. The summed E-state index contributed by atoms with van der Waals surface area (Å²) in [5, 5.41) is 0. The van der Waals surface area contributed by atoms with E-state index in [1.54, 1.807) is 14.0 Å². The van der Waals surface area contributed by atoms with Crippen LogP contribution < -0.4 is 10.5 Å². The number of hydrogen-bond donors (Lipinski definition) is 1. The predicted octanol–water partition coefficient (Wildman–Crippen LogP) is 1.32. The van der Waals surface area contributed by atoms with Gasteiger partial charge in [-0.1, -0.05) is 12.1 Å². The van der Waals surface area contributed by atoms with E-state index < -0.39 is 0 Å². The number of hydrogen-bond acceptors (Lipinski definition) is 2. The molecule has 0 spiro atoms. The van der Waals surface area contributed by atoms with E-state index in [4.69, 9.17) is 10.5 Å². The third kappa shape index (κ3) is 2.76. The first-order valence-corrected chi connectivity index (χ1v) is 4.38. The van der Waals surface area contributed by atoms with Crippen LogP contribution in [0.4, 0.5) is 0 Å². The molecule has 1 rings (SSSR count). The van der Waals surface area contributed by atoms with Gasteiger partial charge in [-0.05, 0) is 31.0 Å². The predicted molar refractivity (Wildman–Crippen MR) is 54.8 cm³/mol. The lowest BCUT2D eigenvalue weighted by Crippen LogP contribution is -2.20. The lowest BCUT2D eigenvalue weighted by atomic mass is 10.0. The number of methoxy groups -OCH3 is 1. The Balaban J connectivity index is 2.64. The van der Waals surface area contributed by atoms with Gasteiger partial charge in [0.2, 0.25) is 5.91 Å². The molecule has 3 nitrogen and oxygen atoms in total. The Morgan fingerprint density at radius 2 is 1.93 bits per heavy atom. The second-order valence-corrected chi connectivity index (χ2v) is 3.17. The third-order valence-corrected chi connectivity index (χ3v) is 2.05. The molecule has 3 heteroatoms. The quantitative estimate of drug-likeness (QED) is 0.782. The molecule has 1 amide bonds. The molecule has 0 unspecified atom stereocenters. The largest absolute Gasteiger partial charge is 0.497 e. The molecule has 1 aromatic rings. The number of ether oxygens (including phenoxy) is 1. The van der Waals surface area contributed by atoms with Crippen LogP contribution in [0.2, 0.25) is 0 Å². The zero-order valence-corrected chi connectivity index (χ0v) is 8.41. The van der Waals surface area contributed by atoms with Crippen LogP contribution >= 0.6 is 0 Å². The van der Waals surface area contributed by atoms with Crippen molar-refractivity contribution in [2.45, 2.75) is 13.3 Å². The monoisotopic (exact) mass is 192 g/mol. The standard InChI is InChI=1S/C11H14NO2/c1-8(11(12)13)7-9-3-5-10(14-2)6-4-9/h3-6H,7H2,1-2H3,(H2,12,13). The molecule has 0 bridgehead atoms. The average Bonchev–Trinajstić information content (AvgIpc) is 2.19. The van der Waals surface area contributed by atoms with Crippen LogP contribution in [-0.4, -0.2) is 13.0 Å². The Labute approximate surface area is 83.9 Å². The molecular formula is C11H14NO2. The van der Waals surface area contributed by atoms with E-state index >= 15 is 0 Å². The minimum absolute atomic E-state index is 0.346. The highest BCUT2D eigenvalue weighted by atomic mass is 16.5. The molecule has 0 aliphatic heterocycles. The van der Waals surface area contributed by atoms with Crippen molar-refractivity contribution in [3.8, 4) is 5.75 Å². The fourth-order valence-corrected chi connectivity index (χ4v) is 1.14. The van der Waals surface area contributed by atoms with Gasteiger partial charge in [-0.25, -0.2) is 0 Å². The van der Waals surface area contributed by atoms with Crippen molar-refractivity contribution in [2.24, 2.45) is 5.73 Å². The first-order chi connectivity index (χ1) is 6.63. The van der Waals surface area contributed by atoms with Gasteiger partial charge in [0.25, 0.3) is 0 Å². The van der Waals surface area contributed by atoms with Crippen molar-refractivity contribution in [3.63, 3.8) is 0 Å². The molecule has 2 N–H and O–H groups in total. The van der Waals surface area contributed by atoms with Gasteiger partial charge in [-0.15, -0.1) is 0 Å². The average molecular weight is 192 g/mol. The highest BCUT2D eigenvalue weighted by Gasteiger charge is 2.09. The van der Waals surface area contributed by atoms with Crippen LogP contribution in [0.3, 0.4) is 0 Å². The summed E-state index contributed by atoms with van der Waals surface area (Å²) in [5.74, 6) is 1.13. The number of benzene rings is 1. The van der Waals surface area contributed by atoms with Crippen LogP contribution in [-0.2, 0) is 11.2 Å². The SMILES string of the molecule is COc1ccc(C[C](C)C(N)=O)cc1. The summed E-state index contributed by atoms with van der Waals surface area (Å²) in [7, 11) is 1.62. The molecule has 1 radical (unpaired) electrons. The summed E-state index contributed by atoms with van der Waals surface area (Å²) in [4.78, 5) is 10.8. The fraction of sp³-hybridized carbons (Fsp3) is 0.273. The number of carbonyl (C=O) groups excluding carboxylic acids is 1. The summed E-state index contributed by atoms with van der Waals surface area (Å²) in [5.41, 5.74) is 6.20. The van der Waals surface area contributed by atoms with Crippen molar-refractivity contribution in [1.29, 1.82) is 0 Å². The van der Waals surface area contributed by atoms with Gasteiger partial charge in [0.05, 0.1) is 13.0 Å². The fourth-order valence-electron chi connectivity index (χ4n) is 1.14. The maximum absolute atomic E-state index is 10.8. The van der Waals surface area contributed by atoms with E-state index in [0.717, 1.165) is 11.3 Å². The highest BCUT2D eigenvalue weighted by molar-refractivity contribution is 5.88. The Kier molecular flexibility index (Phi) is 3.51. The molecule has 0 fully saturated rings. The molecule has 0 heterocycles.